The lowest BCUT2D eigenvalue weighted by Crippen LogP contribution is -2.27. The number of methoxy groups -OCH3 is 1. The third-order valence-electron chi connectivity index (χ3n) is 4.93. The number of hydrogen-bond donors (Lipinski definition) is 2. The summed E-state index contributed by atoms with van der Waals surface area (Å²) in [6.45, 7) is 3.21. The van der Waals surface area contributed by atoms with Crippen LogP contribution in [0, 0.1) is 6.92 Å². The van der Waals surface area contributed by atoms with Gasteiger partial charge in [-0.2, -0.15) is 5.10 Å². The van der Waals surface area contributed by atoms with E-state index in [1.165, 1.54) is 0 Å². The Bertz CT molecular complexity index is 1300. The molecule has 4 aromatic rings. The van der Waals surface area contributed by atoms with Crippen LogP contribution in [0.15, 0.2) is 48.0 Å². The Hall–Kier alpha value is -3.27. The van der Waals surface area contributed by atoms with E-state index in [4.69, 9.17) is 16.3 Å². The largest absolute Gasteiger partial charge is 0.383 e. The minimum Gasteiger partial charge on any atom is -0.383 e. The Kier molecular flexibility index (Phi) is 7.02. The van der Waals surface area contributed by atoms with Gasteiger partial charge in [0.15, 0.2) is 5.65 Å². The Morgan fingerprint density at radius 1 is 1.18 bits per heavy atom. The number of pyridine rings is 1. The smallest absolute Gasteiger partial charge is 0.256 e. The maximum Gasteiger partial charge on any atom is 0.256 e. The van der Waals surface area contributed by atoms with Crippen molar-refractivity contribution in [1.29, 1.82) is 0 Å². The van der Waals surface area contributed by atoms with Gasteiger partial charge in [-0.05, 0) is 42.6 Å². The average molecular weight is 484 g/mol. The van der Waals surface area contributed by atoms with E-state index >= 15 is 0 Å². The zero-order valence-corrected chi connectivity index (χ0v) is 19.7. The van der Waals surface area contributed by atoms with Gasteiger partial charge in [-0.15, -0.1) is 11.3 Å². The van der Waals surface area contributed by atoms with Crippen LogP contribution in [0.4, 0.5) is 5.69 Å². The molecule has 10 heteroatoms. The number of amides is 2. The number of fused-ring (bicyclic) bond motifs is 1. The van der Waals surface area contributed by atoms with Gasteiger partial charge >= 0.3 is 0 Å². The van der Waals surface area contributed by atoms with Gasteiger partial charge in [0.1, 0.15) is 0 Å². The molecule has 3 heterocycles. The summed E-state index contributed by atoms with van der Waals surface area (Å²) in [5.41, 5.74) is 2.62. The van der Waals surface area contributed by atoms with Crippen molar-refractivity contribution in [3.05, 3.63) is 74.7 Å². The molecule has 0 aliphatic carbocycles. The molecule has 0 bridgehead atoms. The predicted molar refractivity (Wildman–Crippen MR) is 129 cm³/mol. The molecule has 0 aliphatic rings. The van der Waals surface area contributed by atoms with Crippen LogP contribution in [0.5, 0.6) is 0 Å². The van der Waals surface area contributed by atoms with Crippen LogP contribution >= 0.6 is 22.9 Å². The first kappa shape index (κ1) is 22.9. The van der Waals surface area contributed by atoms with Gasteiger partial charge in [-0.3, -0.25) is 9.59 Å². The lowest BCUT2D eigenvalue weighted by Gasteiger charge is -2.10. The van der Waals surface area contributed by atoms with Crippen molar-refractivity contribution in [2.24, 2.45) is 0 Å². The average Bonchev–Trinajstić information content (AvgIpc) is 3.44. The second kappa shape index (κ2) is 10.1. The summed E-state index contributed by atoms with van der Waals surface area (Å²) in [4.78, 5) is 31.1. The Balaban J connectivity index is 1.55. The van der Waals surface area contributed by atoms with Crippen molar-refractivity contribution >= 4 is 51.5 Å². The van der Waals surface area contributed by atoms with Gasteiger partial charge in [0.25, 0.3) is 11.8 Å². The highest BCUT2D eigenvalue weighted by Crippen LogP contribution is 2.24. The summed E-state index contributed by atoms with van der Waals surface area (Å²) in [6, 6.07) is 10.5. The van der Waals surface area contributed by atoms with Crippen LogP contribution in [0.25, 0.3) is 11.0 Å². The molecule has 0 radical (unpaired) electrons. The van der Waals surface area contributed by atoms with Crippen molar-refractivity contribution < 1.29 is 14.3 Å². The molecule has 0 saturated heterocycles. The van der Waals surface area contributed by atoms with E-state index in [0.29, 0.717) is 53.2 Å². The number of nitrogens with one attached hydrogen (secondary N) is 2. The molecule has 0 saturated carbocycles. The predicted octanol–water partition coefficient (Wildman–Crippen LogP) is 4.13. The fourth-order valence-corrected chi connectivity index (χ4v) is 4.32. The maximum atomic E-state index is 13.1. The quantitative estimate of drug-likeness (QED) is 0.367. The van der Waals surface area contributed by atoms with Crippen LogP contribution in [-0.2, 0) is 11.3 Å². The van der Waals surface area contributed by atoms with Gasteiger partial charge in [0.05, 0.1) is 40.9 Å². The highest BCUT2D eigenvalue weighted by Gasteiger charge is 2.17. The van der Waals surface area contributed by atoms with E-state index in [1.54, 1.807) is 53.6 Å². The molecule has 2 amide bonds. The minimum atomic E-state index is -0.311. The number of nitrogens with zero attached hydrogens (tertiary/aromatic N) is 3. The lowest BCUT2D eigenvalue weighted by molar-refractivity contribution is 0.0937. The van der Waals surface area contributed by atoms with Crippen molar-refractivity contribution in [2.45, 2.75) is 13.5 Å². The van der Waals surface area contributed by atoms with E-state index in [2.05, 4.69) is 20.7 Å². The van der Waals surface area contributed by atoms with E-state index in [0.717, 1.165) is 4.88 Å². The highest BCUT2D eigenvalue weighted by molar-refractivity contribution is 7.09. The molecule has 0 unspecified atom stereocenters. The number of aromatic nitrogens is 3. The number of aryl methyl sites for hydroxylation is 1. The second-order valence-electron chi connectivity index (χ2n) is 7.33. The molecule has 8 nitrogen and oxygen atoms in total. The Morgan fingerprint density at radius 3 is 2.76 bits per heavy atom. The van der Waals surface area contributed by atoms with Crippen LogP contribution in [0.3, 0.4) is 0 Å². The molecular weight excluding hydrogens is 462 g/mol. The van der Waals surface area contributed by atoms with Crippen molar-refractivity contribution in [3.63, 3.8) is 0 Å². The topological polar surface area (TPSA) is 98.1 Å². The number of anilines is 1. The molecule has 3 aromatic heterocycles. The molecule has 2 N–H and O–H groups in total. The van der Waals surface area contributed by atoms with E-state index < -0.39 is 0 Å². The Morgan fingerprint density at radius 2 is 2.03 bits per heavy atom. The zero-order chi connectivity index (χ0) is 23.4. The number of carbonyl (C=O) groups excluding carboxylic acids is 2. The highest BCUT2D eigenvalue weighted by atomic mass is 35.5. The van der Waals surface area contributed by atoms with Gasteiger partial charge in [-0.25, -0.2) is 9.67 Å². The third-order valence-corrected chi connectivity index (χ3v) is 6.10. The summed E-state index contributed by atoms with van der Waals surface area (Å²) < 4.78 is 6.71. The molecule has 1 aromatic carbocycles. The first-order valence-corrected chi connectivity index (χ1v) is 11.5. The minimum absolute atomic E-state index is 0.238. The molecule has 0 atom stereocenters. The summed E-state index contributed by atoms with van der Waals surface area (Å²) in [5, 5.41) is 12.9. The van der Waals surface area contributed by atoms with E-state index in [9.17, 15) is 9.59 Å². The first-order chi connectivity index (χ1) is 16.0. The second-order valence-corrected chi connectivity index (χ2v) is 8.77. The zero-order valence-electron chi connectivity index (χ0n) is 18.1. The SMILES string of the molecule is COCCNC(=O)c1ccc(NC(=O)c2cc(C)nc3c2cnn3Cc2cccs2)cc1Cl. The third kappa shape index (κ3) is 5.22. The van der Waals surface area contributed by atoms with Gasteiger partial charge in [-0.1, -0.05) is 17.7 Å². The summed E-state index contributed by atoms with van der Waals surface area (Å²) in [5.74, 6) is -0.617. The number of ether oxygens (including phenoxy) is 1. The summed E-state index contributed by atoms with van der Waals surface area (Å²) in [6.07, 6.45) is 1.66. The lowest BCUT2D eigenvalue weighted by atomic mass is 10.1. The number of hydrogen-bond acceptors (Lipinski definition) is 6. The number of thiophene rings is 1. The summed E-state index contributed by atoms with van der Waals surface area (Å²) >= 11 is 7.93. The number of rotatable bonds is 8. The normalized spacial score (nSPS) is 11.0. The van der Waals surface area contributed by atoms with Crippen molar-refractivity contribution in [2.75, 3.05) is 25.6 Å². The van der Waals surface area contributed by atoms with Crippen molar-refractivity contribution in [1.82, 2.24) is 20.1 Å². The van der Waals surface area contributed by atoms with Crippen molar-refractivity contribution in [3.8, 4) is 0 Å². The van der Waals surface area contributed by atoms with Gasteiger partial charge < -0.3 is 15.4 Å². The Labute approximate surface area is 199 Å². The monoisotopic (exact) mass is 483 g/mol. The number of halogens is 1. The molecule has 0 spiro atoms. The summed E-state index contributed by atoms with van der Waals surface area (Å²) in [7, 11) is 1.56. The van der Waals surface area contributed by atoms with E-state index in [1.807, 2.05) is 24.4 Å². The standard InChI is InChI=1S/C23H22ClN5O3S/c1-14-10-18(19-12-26-29(21(19)27-14)13-16-4-3-9-33-16)23(31)28-15-5-6-17(20(24)11-15)22(30)25-7-8-32-2/h3-6,9-12H,7-8,13H2,1-2H3,(H,25,30)(H,28,31). The van der Waals surface area contributed by atoms with Crippen LogP contribution < -0.4 is 10.6 Å². The number of benzene rings is 1. The molecular formula is C23H22ClN5O3S. The van der Waals surface area contributed by atoms with E-state index in [-0.39, 0.29) is 16.8 Å². The molecule has 170 valence electrons. The number of carbonyl (C=O) groups is 2. The van der Waals surface area contributed by atoms with Crippen LogP contribution in [0.2, 0.25) is 5.02 Å². The molecule has 0 fully saturated rings. The molecule has 33 heavy (non-hydrogen) atoms. The fourth-order valence-electron chi connectivity index (χ4n) is 3.36. The fraction of sp³-hybridized carbons (Fsp3) is 0.217. The molecule has 4 rings (SSSR count). The first-order valence-electron chi connectivity index (χ1n) is 10.2. The van der Waals surface area contributed by atoms with Gasteiger partial charge in [0, 0.05) is 29.9 Å². The molecule has 0 aliphatic heterocycles. The maximum absolute atomic E-state index is 13.1. The van der Waals surface area contributed by atoms with Crippen LogP contribution in [-0.4, -0.2) is 46.8 Å². The van der Waals surface area contributed by atoms with Gasteiger partial charge in [0.2, 0.25) is 0 Å². The van der Waals surface area contributed by atoms with Crippen LogP contribution in [0.1, 0.15) is 31.3 Å².